The smallest absolute Gasteiger partial charge is 0.243 e. The van der Waals surface area contributed by atoms with Crippen molar-refractivity contribution < 1.29 is 14.0 Å². The third-order valence-corrected chi connectivity index (χ3v) is 4.00. The van der Waals surface area contributed by atoms with E-state index < -0.39 is 6.04 Å². The maximum absolute atomic E-state index is 12.9. The van der Waals surface area contributed by atoms with Gasteiger partial charge in [-0.05, 0) is 29.3 Å². The summed E-state index contributed by atoms with van der Waals surface area (Å²) < 4.78 is 12.9. The zero-order valence-corrected chi connectivity index (χ0v) is 12.8. The van der Waals surface area contributed by atoms with Crippen molar-refractivity contribution in [1.82, 2.24) is 5.32 Å². The first-order valence-corrected chi connectivity index (χ1v) is 7.46. The summed E-state index contributed by atoms with van der Waals surface area (Å²) in [6, 6.07) is 13.0. The number of hydrogen-bond donors (Lipinski definition) is 1. The second-order valence-electron chi connectivity index (χ2n) is 5.58. The Bertz CT molecular complexity index is 743. The molecule has 0 aromatic heterocycles. The molecule has 0 spiro atoms. The Kier molecular flexibility index (Phi) is 4.10. The minimum absolute atomic E-state index is 0.156. The number of hydrogen-bond acceptors (Lipinski definition) is 2. The van der Waals surface area contributed by atoms with E-state index in [1.54, 1.807) is 12.1 Å². The van der Waals surface area contributed by atoms with Gasteiger partial charge in [0.25, 0.3) is 0 Å². The van der Waals surface area contributed by atoms with Crippen LogP contribution in [0.5, 0.6) is 0 Å². The zero-order valence-electron chi connectivity index (χ0n) is 12.8. The molecule has 3 rings (SSSR count). The van der Waals surface area contributed by atoms with Crippen LogP contribution in [0.2, 0.25) is 0 Å². The Labute approximate surface area is 133 Å². The van der Waals surface area contributed by atoms with E-state index in [1.165, 1.54) is 24.0 Å². The van der Waals surface area contributed by atoms with Gasteiger partial charge in [-0.3, -0.25) is 14.5 Å². The summed E-state index contributed by atoms with van der Waals surface area (Å²) in [6.07, 6.45) is 0.505. The Morgan fingerprint density at radius 2 is 1.87 bits per heavy atom. The molecule has 1 aliphatic heterocycles. The number of nitrogens with zero attached hydrogens (tertiary/aromatic N) is 1. The van der Waals surface area contributed by atoms with E-state index in [2.05, 4.69) is 5.32 Å². The molecule has 2 aromatic carbocycles. The largest absolute Gasteiger partial charge is 0.350 e. The highest BCUT2D eigenvalue weighted by Gasteiger charge is 2.36. The predicted molar refractivity (Wildman–Crippen MR) is 85.3 cm³/mol. The average molecular weight is 312 g/mol. The standard InChI is InChI=1S/C18H17FN2O2/c1-12(22)21-16-5-3-2-4-14(16)10-17(21)18(23)20-11-13-6-8-15(19)9-7-13/h2-9,17H,10-11H2,1H3,(H,20,23). The molecule has 1 aliphatic rings. The van der Waals surface area contributed by atoms with Crippen molar-refractivity contribution in [1.29, 1.82) is 0 Å². The molecular weight excluding hydrogens is 295 g/mol. The minimum Gasteiger partial charge on any atom is -0.350 e. The van der Waals surface area contributed by atoms with E-state index in [-0.39, 0.29) is 17.6 Å². The molecule has 1 atom stereocenters. The van der Waals surface area contributed by atoms with Crippen molar-refractivity contribution in [3.63, 3.8) is 0 Å². The van der Waals surface area contributed by atoms with Crippen LogP contribution in [0, 0.1) is 5.82 Å². The first-order chi connectivity index (χ1) is 11.1. The van der Waals surface area contributed by atoms with E-state index in [9.17, 15) is 14.0 Å². The number of fused-ring (bicyclic) bond motifs is 1. The summed E-state index contributed by atoms with van der Waals surface area (Å²) in [5.74, 6) is -0.674. The highest BCUT2D eigenvalue weighted by molar-refractivity contribution is 6.02. The number of rotatable bonds is 3. The summed E-state index contributed by atoms with van der Waals surface area (Å²) in [5, 5.41) is 2.82. The van der Waals surface area contributed by atoms with Crippen LogP contribution in [0.3, 0.4) is 0 Å². The fourth-order valence-corrected chi connectivity index (χ4v) is 2.89. The van der Waals surface area contributed by atoms with Gasteiger partial charge in [0.15, 0.2) is 0 Å². The van der Waals surface area contributed by atoms with Gasteiger partial charge in [0.1, 0.15) is 11.9 Å². The van der Waals surface area contributed by atoms with Gasteiger partial charge in [-0.15, -0.1) is 0 Å². The van der Waals surface area contributed by atoms with E-state index in [1.807, 2.05) is 24.3 Å². The van der Waals surface area contributed by atoms with Crippen molar-refractivity contribution >= 4 is 17.5 Å². The molecule has 0 bridgehead atoms. The second kappa shape index (κ2) is 6.20. The average Bonchev–Trinajstić information content (AvgIpc) is 2.93. The number of anilines is 1. The van der Waals surface area contributed by atoms with Crippen LogP contribution < -0.4 is 10.2 Å². The van der Waals surface area contributed by atoms with Gasteiger partial charge in [0.2, 0.25) is 11.8 Å². The van der Waals surface area contributed by atoms with E-state index >= 15 is 0 Å². The molecule has 0 fully saturated rings. The summed E-state index contributed by atoms with van der Waals surface area (Å²) in [7, 11) is 0. The molecule has 5 heteroatoms. The van der Waals surface area contributed by atoms with Gasteiger partial charge in [-0.2, -0.15) is 0 Å². The lowest BCUT2D eigenvalue weighted by Gasteiger charge is -2.23. The Balaban J connectivity index is 1.72. The maximum Gasteiger partial charge on any atom is 0.243 e. The summed E-state index contributed by atoms with van der Waals surface area (Å²) >= 11 is 0. The summed E-state index contributed by atoms with van der Waals surface area (Å²) in [6.45, 7) is 1.76. The van der Waals surface area contributed by atoms with Gasteiger partial charge in [-0.1, -0.05) is 30.3 Å². The monoisotopic (exact) mass is 312 g/mol. The van der Waals surface area contributed by atoms with Crippen LogP contribution >= 0.6 is 0 Å². The highest BCUT2D eigenvalue weighted by atomic mass is 19.1. The topological polar surface area (TPSA) is 49.4 Å². The first kappa shape index (κ1) is 15.2. The Hall–Kier alpha value is -2.69. The Morgan fingerprint density at radius 3 is 2.57 bits per heavy atom. The van der Waals surface area contributed by atoms with Crippen LogP contribution in [0.15, 0.2) is 48.5 Å². The van der Waals surface area contributed by atoms with Gasteiger partial charge in [0.05, 0.1) is 0 Å². The van der Waals surface area contributed by atoms with Crippen molar-refractivity contribution in [2.45, 2.75) is 25.9 Å². The molecule has 118 valence electrons. The maximum atomic E-state index is 12.9. The molecule has 1 heterocycles. The van der Waals surface area contributed by atoms with Crippen molar-refractivity contribution in [2.24, 2.45) is 0 Å². The molecule has 1 N–H and O–H groups in total. The van der Waals surface area contributed by atoms with Gasteiger partial charge in [-0.25, -0.2) is 4.39 Å². The Morgan fingerprint density at radius 1 is 1.17 bits per heavy atom. The third-order valence-electron chi connectivity index (χ3n) is 4.00. The van der Waals surface area contributed by atoms with E-state index in [0.29, 0.717) is 13.0 Å². The molecule has 0 saturated heterocycles. The number of carbonyl (C=O) groups is 2. The lowest BCUT2D eigenvalue weighted by molar-refractivity contribution is -0.125. The SMILES string of the molecule is CC(=O)N1c2ccccc2CC1C(=O)NCc1ccc(F)cc1. The van der Waals surface area contributed by atoms with E-state index in [0.717, 1.165) is 16.8 Å². The van der Waals surface area contributed by atoms with Crippen LogP contribution in [0.4, 0.5) is 10.1 Å². The predicted octanol–water partition coefficient (Wildman–Crippen LogP) is 2.42. The fraction of sp³-hybridized carbons (Fsp3) is 0.222. The van der Waals surface area contributed by atoms with Gasteiger partial charge >= 0.3 is 0 Å². The number of halogens is 1. The van der Waals surface area contributed by atoms with Crippen LogP contribution in [0.25, 0.3) is 0 Å². The quantitative estimate of drug-likeness (QED) is 0.946. The lowest BCUT2D eigenvalue weighted by atomic mass is 10.1. The van der Waals surface area contributed by atoms with E-state index in [4.69, 9.17) is 0 Å². The number of nitrogens with one attached hydrogen (secondary N) is 1. The van der Waals surface area contributed by atoms with Gasteiger partial charge < -0.3 is 5.32 Å². The van der Waals surface area contributed by atoms with Crippen molar-refractivity contribution in [2.75, 3.05) is 4.90 Å². The molecule has 4 nitrogen and oxygen atoms in total. The third kappa shape index (κ3) is 3.08. The summed E-state index contributed by atoms with van der Waals surface area (Å²) in [4.78, 5) is 26.0. The molecule has 0 aliphatic carbocycles. The summed E-state index contributed by atoms with van der Waals surface area (Å²) in [5.41, 5.74) is 2.59. The first-order valence-electron chi connectivity index (χ1n) is 7.46. The van der Waals surface area contributed by atoms with Crippen LogP contribution in [-0.2, 0) is 22.6 Å². The highest BCUT2D eigenvalue weighted by Crippen LogP contribution is 2.32. The van der Waals surface area contributed by atoms with Crippen molar-refractivity contribution in [3.05, 3.63) is 65.5 Å². The molecule has 0 radical (unpaired) electrons. The normalized spacial score (nSPS) is 16.1. The zero-order chi connectivity index (χ0) is 16.4. The molecule has 2 amide bonds. The molecule has 0 saturated carbocycles. The molecular formula is C18H17FN2O2. The number of benzene rings is 2. The lowest BCUT2D eigenvalue weighted by Crippen LogP contribution is -2.47. The van der Waals surface area contributed by atoms with Gasteiger partial charge in [0, 0.05) is 25.6 Å². The fourth-order valence-electron chi connectivity index (χ4n) is 2.89. The second-order valence-corrected chi connectivity index (χ2v) is 5.58. The number of para-hydroxylation sites is 1. The molecule has 23 heavy (non-hydrogen) atoms. The van der Waals surface area contributed by atoms with Crippen molar-refractivity contribution in [3.8, 4) is 0 Å². The number of carbonyl (C=O) groups excluding carboxylic acids is 2. The molecule has 1 unspecified atom stereocenters. The van der Waals surface area contributed by atoms with Crippen LogP contribution in [0.1, 0.15) is 18.1 Å². The number of amides is 2. The van der Waals surface area contributed by atoms with Crippen LogP contribution in [-0.4, -0.2) is 17.9 Å². The minimum atomic E-state index is -0.537. The molecule has 2 aromatic rings.